The maximum atomic E-state index is 14.0. The van der Waals surface area contributed by atoms with Crippen molar-refractivity contribution < 1.29 is 39.2 Å². The van der Waals surface area contributed by atoms with Crippen LogP contribution in [0.15, 0.2) is 44.6 Å². The van der Waals surface area contributed by atoms with Gasteiger partial charge in [-0.1, -0.05) is 31.9 Å². The van der Waals surface area contributed by atoms with Crippen molar-refractivity contribution >= 4 is 41.7 Å². The molecule has 0 unspecified atom stereocenters. The molecule has 27 heavy (non-hydrogen) atoms. The second-order valence-corrected chi connectivity index (χ2v) is 8.67. The second-order valence-electron chi connectivity index (χ2n) is 4.94. The van der Waals surface area contributed by atoms with Gasteiger partial charge in [0.2, 0.25) is 0 Å². The number of hydrogen-bond acceptors (Lipinski definition) is 4. The molecule has 0 amide bonds. The molecule has 4 nitrogen and oxygen atoms in total. The van der Waals surface area contributed by atoms with Crippen LogP contribution in [-0.4, -0.2) is 35.7 Å². The van der Waals surface area contributed by atoms with Crippen LogP contribution in [0.3, 0.4) is 0 Å². The number of rotatable bonds is 4. The first kappa shape index (κ1) is 22.0. The van der Waals surface area contributed by atoms with Crippen LogP contribution in [0.4, 0.5) is 30.7 Å². The predicted molar refractivity (Wildman–Crippen MR) is 86.0 cm³/mol. The van der Waals surface area contributed by atoms with Crippen molar-refractivity contribution in [3.63, 3.8) is 0 Å². The quantitative estimate of drug-likeness (QED) is 0.494. The Hall–Kier alpha value is -1.28. The molecule has 0 fully saturated rings. The lowest BCUT2D eigenvalue weighted by Crippen LogP contribution is -2.56. The first-order valence-electron chi connectivity index (χ1n) is 6.47. The van der Waals surface area contributed by atoms with E-state index >= 15 is 0 Å². The van der Waals surface area contributed by atoms with Gasteiger partial charge in [0.25, 0.3) is 9.84 Å². The molecular weight excluding hydrogens is 541 g/mol. The highest BCUT2D eigenvalue weighted by Gasteiger charge is 2.78. The van der Waals surface area contributed by atoms with E-state index in [1.165, 1.54) is 6.07 Å². The Morgan fingerprint density at radius 2 is 1.52 bits per heavy atom. The normalized spacial score (nSPS) is 13.7. The third kappa shape index (κ3) is 3.58. The second kappa shape index (κ2) is 6.95. The zero-order valence-corrected chi connectivity index (χ0v) is 16.4. The van der Waals surface area contributed by atoms with Gasteiger partial charge < -0.3 is 0 Å². The van der Waals surface area contributed by atoms with Crippen LogP contribution < -0.4 is 0 Å². The monoisotopic (exact) mass is 544 g/mol. The van der Waals surface area contributed by atoms with Crippen molar-refractivity contribution in [2.45, 2.75) is 22.2 Å². The molecule has 0 spiro atoms. The van der Waals surface area contributed by atoms with Crippen LogP contribution in [0.5, 0.6) is 0 Å². The van der Waals surface area contributed by atoms with E-state index in [-0.39, 0.29) is 14.6 Å². The first-order valence-corrected chi connectivity index (χ1v) is 9.54. The molecule has 0 bridgehead atoms. The minimum atomic E-state index is -6.84. The molecular formula is C13H5Br2F7N2O2S. The summed E-state index contributed by atoms with van der Waals surface area (Å²) >= 11 is 5.65. The molecule has 14 heteroatoms. The van der Waals surface area contributed by atoms with E-state index < -0.39 is 37.6 Å². The Balaban J connectivity index is 2.85. The van der Waals surface area contributed by atoms with Crippen LogP contribution in [0.25, 0.3) is 11.3 Å². The lowest BCUT2D eigenvalue weighted by Gasteiger charge is -2.28. The minimum Gasteiger partial charge on any atom is -0.261 e. The molecule has 0 radical (unpaired) electrons. The number of alkyl halides is 7. The molecule has 1 aromatic carbocycles. The van der Waals surface area contributed by atoms with Gasteiger partial charge in [0.05, 0.1) is 16.8 Å². The maximum Gasteiger partial charge on any atom is 0.461 e. The molecule has 1 heterocycles. The number of hydrogen-bond donors (Lipinski definition) is 0. The lowest BCUT2D eigenvalue weighted by molar-refractivity contribution is -0.332. The fourth-order valence-corrected chi connectivity index (χ4v) is 5.12. The van der Waals surface area contributed by atoms with Gasteiger partial charge in [-0.05, 0) is 12.1 Å². The maximum absolute atomic E-state index is 14.0. The van der Waals surface area contributed by atoms with Gasteiger partial charge in [0.1, 0.15) is 0 Å². The summed E-state index contributed by atoms with van der Waals surface area (Å²) in [5.41, 5.74) is -0.995. The summed E-state index contributed by atoms with van der Waals surface area (Å²) in [6, 6.07) is 1.65. The SMILES string of the molecule is O=S(=O)(c1cc(Br)cc(Br)c1-c1cnccn1)C(F)(F)C(F)(F)C(F)(F)F. The zero-order chi connectivity index (χ0) is 20.8. The Morgan fingerprint density at radius 3 is 2.00 bits per heavy atom. The van der Waals surface area contributed by atoms with E-state index in [9.17, 15) is 39.2 Å². The van der Waals surface area contributed by atoms with Gasteiger partial charge in [0.15, 0.2) is 0 Å². The van der Waals surface area contributed by atoms with Crippen LogP contribution in [0.2, 0.25) is 0 Å². The van der Waals surface area contributed by atoms with Crippen LogP contribution in [-0.2, 0) is 9.84 Å². The van der Waals surface area contributed by atoms with Gasteiger partial charge in [-0.3, -0.25) is 9.97 Å². The van der Waals surface area contributed by atoms with Crippen LogP contribution >= 0.6 is 31.9 Å². The highest BCUT2D eigenvalue weighted by molar-refractivity contribution is 9.11. The summed E-state index contributed by atoms with van der Waals surface area (Å²) in [5.74, 6) is -6.84. The summed E-state index contributed by atoms with van der Waals surface area (Å²) in [6.45, 7) is 0. The Bertz CT molecular complexity index is 967. The molecule has 0 saturated heterocycles. The lowest BCUT2D eigenvalue weighted by atomic mass is 10.1. The number of halogens is 9. The van der Waals surface area contributed by atoms with Crippen molar-refractivity contribution in [1.82, 2.24) is 9.97 Å². The van der Waals surface area contributed by atoms with Crippen molar-refractivity contribution in [2.75, 3.05) is 0 Å². The molecule has 2 aromatic rings. The summed E-state index contributed by atoms with van der Waals surface area (Å²) in [6.07, 6.45) is -3.69. The van der Waals surface area contributed by atoms with E-state index in [0.717, 1.165) is 18.6 Å². The van der Waals surface area contributed by atoms with Crippen molar-refractivity contribution in [2.24, 2.45) is 0 Å². The van der Waals surface area contributed by atoms with Gasteiger partial charge in [0, 0.05) is 26.9 Å². The van der Waals surface area contributed by atoms with E-state index in [2.05, 4.69) is 41.8 Å². The molecule has 148 valence electrons. The summed E-state index contributed by atoms with van der Waals surface area (Å²) in [5, 5.41) is -6.49. The molecule has 0 N–H and O–H groups in total. The Labute approximate surface area is 164 Å². The highest BCUT2D eigenvalue weighted by Crippen LogP contribution is 2.52. The topological polar surface area (TPSA) is 59.9 Å². The van der Waals surface area contributed by atoms with E-state index in [4.69, 9.17) is 0 Å². The predicted octanol–water partition coefficient (Wildman–Crippen LogP) is 5.23. The molecule has 0 atom stereocenters. The fraction of sp³-hybridized carbons (Fsp3) is 0.231. The van der Waals surface area contributed by atoms with E-state index in [0.29, 0.717) is 6.07 Å². The molecule has 0 aliphatic carbocycles. The number of nitrogens with zero attached hydrogens (tertiary/aromatic N) is 2. The molecule has 0 aliphatic rings. The Kier molecular flexibility index (Phi) is 5.67. The summed E-state index contributed by atoms with van der Waals surface area (Å²) in [7, 11) is -6.53. The van der Waals surface area contributed by atoms with Crippen LogP contribution in [0.1, 0.15) is 0 Å². The number of aromatic nitrogens is 2. The van der Waals surface area contributed by atoms with Gasteiger partial charge in [-0.2, -0.15) is 30.7 Å². The van der Waals surface area contributed by atoms with E-state index in [1.807, 2.05) is 0 Å². The highest BCUT2D eigenvalue weighted by atomic mass is 79.9. The smallest absolute Gasteiger partial charge is 0.261 e. The molecule has 0 saturated carbocycles. The number of benzene rings is 1. The third-order valence-electron chi connectivity index (χ3n) is 3.19. The summed E-state index contributed by atoms with van der Waals surface area (Å²) < 4.78 is 116. The third-order valence-corrected chi connectivity index (χ3v) is 6.10. The standard InChI is InChI=1S/C13H5Br2F7N2O2S/c14-6-3-7(15)10(8-5-23-1-2-24-8)9(4-6)27(25,26)13(21,22)11(16,17)12(18,19)20/h1-5H. The van der Waals surface area contributed by atoms with Gasteiger partial charge >= 0.3 is 17.4 Å². The minimum absolute atomic E-state index is 0.174. The van der Waals surface area contributed by atoms with Crippen molar-refractivity contribution in [1.29, 1.82) is 0 Å². The van der Waals surface area contributed by atoms with Crippen molar-refractivity contribution in [3.8, 4) is 11.3 Å². The van der Waals surface area contributed by atoms with Gasteiger partial charge in [-0.25, -0.2) is 8.42 Å². The molecule has 2 rings (SSSR count). The average molecular weight is 546 g/mol. The largest absolute Gasteiger partial charge is 0.461 e. The van der Waals surface area contributed by atoms with Gasteiger partial charge in [-0.15, -0.1) is 0 Å². The zero-order valence-electron chi connectivity index (χ0n) is 12.4. The van der Waals surface area contributed by atoms with Crippen molar-refractivity contribution in [3.05, 3.63) is 39.7 Å². The Morgan fingerprint density at radius 1 is 0.926 bits per heavy atom. The summed E-state index contributed by atoms with van der Waals surface area (Å²) in [4.78, 5) is 5.78. The first-order chi connectivity index (χ1) is 12.1. The number of sulfone groups is 1. The van der Waals surface area contributed by atoms with E-state index in [1.54, 1.807) is 0 Å². The average Bonchev–Trinajstić information content (AvgIpc) is 2.53. The molecule has 1 aromatic heterocycles. The molecule has 0 aliphatic heterocycles. The van der Waals surface area contributed by atoms with Crippen LogP contribution in [0, 0.1) is 0 Å². The fourth-order valence-electron chi connectivity index (χ4n) is 1.91.